The number of amides is 1. The van der Waals surface area contributed by atoms with Crippen LogP contribution in [0.25, 0.3) is 10.9 Å². The van der Waals surface area contributed by atoms with Crippen LogP contribution in [0.5, 0.6) is 0 Å². The Bertz CT molecular complexity index is 1370. The van der Waals surface area contributed by atoms with Crippen LogP contribution in [0.1, 0.15) is 29.7 Å². The first-order valence-corrected chi connectivity index (χ1v) is 10.6. The number of aryl methyl sites for hydroxylation is 1. The first kappa shape index (κ1) is 21.3. The van der Waals surface area contributed by atoms with Gasteiger partial charge in [0.2, 0.25) is 5.91 Å². The molecule has 1 heterocycles. The van der Waals surface area contributed by atoms with Crippen molar-refractivity contribution >= 4 is 16.8 Å². The Morgan fingerprint density at radius 2 is 1.47 bits per heavy atom. The van der Waals surface area contributed by atoms with E-state index in [0.717, 1.165) is 21.3 Å². The van der Waals surface area contributed by atoms with Crippen LogP contribution in [0.2, 0.25) is 0 Å². The second-order valence-corrected chi connectivity index (χ2v) is 7.76. The molecule has 0 spiro atoms. The molecular formula is C26H25N3O3. The lowest BCUT2D eigenvalue weighted by Gasteiger charge is -2.21. The molecular weight excluding hydrogens is 402 g/mol. The van der Waals surface area contributed by atoms with Gasteiger partial charge in [-0.3, -0.25) is 18.7 Å². The first-order chi connectivity index (χ1) is 15.5. The van der Waals surface area contributed by atoms with Gasteiger partial charge in [-0.15, -0.1) is 0 Å². The highest BCUT2D eigenvalue weighted by molar-refractivity contribution is 5.82. The second kappa shape index (κ2) is 9.06. The van der Waals surface area contributed by atoms with Crippen LogP contribution in [0, 0.1) is 6.92 Å². The number of carbonyl (C=O) groups excluding carboxylic acids is 1. The lowest BCUT2D eigenvalue weighted by atomic mass is 9.98. The Hall–Kier alpha value is -3.93. The maximum atomic E-state index is 13.2. The Morgan fingerprint density at radius 1 is 0.844 bits per heavy atom. The van der Waals surface area contributed by atoms with Crippen LogP contribution >= 0.6 is 0 Å². The number of hydrogen-bond donors (Lipinski definition) is 1. The number of para-hydroxylation sites is 1. The summed E-state index contributed by atoms with van der Waals surface area (Å²) in [5.41, 5.74) is 2.65. The van der Waals surface area contributed by atoms with Crippen molar-refractivity contribution in [1.82, 2.24) is 14.5 Å². The minimum absolute atomic E-state index is 0.186. The van der Waals surface area contributed by atoms with Gasteiger partial charge < -0.3 is 5.32 Å². The lowest BCUT2D eigenvalue weighted by molar-refractivity contribution is -0.122. The molecule has 1 unspecified atom stereocenters. The summed E-state index contributed by atoms with van der Waals surface area (Å²) in [6, 6.07) is 24.2. The Kier molecular flexibility index (Phi) is 6.03. The molecule has 4 aromatic rings. The van der Waals surface area contributed by atoms with E-state index in [1.165, 1.54) is 4.57 Å². The van der Waals surface area contributed by atoms with Gasteiger partial charge in [0.25, 0.3) is 5.56 Å². The summed E-state index contributed by atoms with van der Waals surface area (Å²) in [6.45, 7) is 3.81. The molecule has 0 bridgehead atoms. The fourth-order valence-electron chi connectivity index (χ4n) is 3.92. The van der Waals surface area contributed by atoms with Crippen LogP contribution < -0.4 is 16.6 Å². The molecule has 6 heteroatoms. The third-order valence-electron chi connectivity index (χ3n) is 5.60. The smallest absolute Gasteiger partial charge is 0.331 e. The predicted molar refractivity (Wildman–Crippen MR) is 126 cm³/mol. The van der Waals surface area contributed by atoms with E-state index >= 15 is 0 Å². The summed E-state index contributed by atoms with van der Waals surface area (Å²) in [7, 11) is 0. The van der Waals surface area contributed by atoms with Gasteiger partial charge in [-0.1, -0.05) is 72.3 Å². The number of carbonyl (C=O) groups is 1. The predicted octanol–water partition coefficient (Wildman–Crippen LogP) is 3.40. The molecule has 0 aliphatic heterocycles. The SMILES string of the molecule is CCn1c(=O)c2ccccc2n(CC(=O)NC(c2ccccc2)c2ccc(C)cc2)c1=O. The largest absolute Gasteiger partial charge is 0.344 e. The van der Waals surface area contributed by atoms with Gasteiger partial charge in [0, 0.05) is 6.54 Å². The fraction of sp³-hybridized carbons (Fsp3) is 0.192. The lowest BCUT2D eigenvalue weighted by Crippen LogP contribution is -2.42. The average molecular weight is 428 g/mol. The molecule has 0 aliphatic rings. The van der Waals surface area contributed by atoms with E-state index in [-0.39, 0.29) is 30.6 Å². The molecule has 1 amide bonds. The molecule has 6 nitrogen and oxygen atoms in total. The van der Waals surface area contributed by atoms with Gasteiger partial charge in [-0.25, -0.2) is 4.79 Å². The number of nitrogens with zero attached hydrogens (tertiary/aromatic N) is 2. The first-order valence-electron chi connectivity index (χ1n) is 10.6. The fourth-order valence-corrected chi connectivity index (χ4v) is 3.92. The van der Waals surface area contributed by atoms with Gasteiger partial charge in [-0.2, -0.15) is 0 Å². The van der Waals surface area contributed by atoms with Crippen LogP contribution in [-0.2, 0) is 17.9 Å². The molecule has 0 saturated carbocycles. The van der Waals surface area contributed by atoms with E-state index < -0.39 is 5.69 Å². The molecule has 1 atom stereocenters. The van der Waals surface area contributed by atoms with Crippen molar-refractivity contribution in [1.29, 1.82) is 0 Å². The van der Waals surface area contributed by atoms with Crippen molar-refractivity contribution in [2.45, 2.75) is 33.0 Å². The minimum Gasteiger partial charge on any atom is -0.344 e. The molecule has 1 N–H and O–H groups in total. The van der Waals surface area contributed by atoms with Crippen LogP contribution in [0.15, 0.2) is 88.5 Å². The Balaban J connectivity index is 1.72. The molecule has 0 aliphatic carbocycles. The third-order valence-corrected chi connectivity index (χ3v) is 5.60. The topological polar surface area (TPSA) is 73.1 Å². The molecule has 0 saturated heterocycles. The van der Waals surface area contributed by atoms with Crippen LogP contribution in [0.3, 0.4) is 0 Å². The van der Waals surface area contributed by atoms with Gasteiger partial charge in [-0.05, 0) is 37.1 Å². The van der Waals surface area contributed by atoms with Crippen LogP contribution in [-0.4, -0.2) is 15.0 Å². The summed E-state index contributed by atoms with van der Waals surface area (Å²) < 4.78 is 2.52. The molecule has 162 valence electrons. The maximum absolute atomic E-state index is 13.2. The highest BCUT2D eigenvalue weighted by Gasteiger charge is 2.19. The molecule has 1 aromatic heterocycles. The van der Waals surface area contributed by atoms with Gasteiger partial charge in [0.15, 0.2) is 0 Å². The zero-order valence-electron chi connectivity index (χ0n) is 18.1. The van der Waals surface area contributed by atoms with Crippen molar-refractivity contribution in [3.63, 3.8) is 0 Å². The zero-order chi connectivity index (χ0) is 22.7. The van der Waals surface area contributed by atoms with Gasteiger partial charge in [0.05, 0.1) is 16.9 Å². The Morgan fingerprint density at radius 3 is 2.16 bits per heavy atom. The van der Waals surface area contributed by atoms with E-state index in [1.54, 1.807) is 31.2 Å². The summed E-state index contributed by atoms with van der Waals surface area (Å²) in [6.07, 6.45) is 0. The van der Waals surface area contributed by atoms with E-state index in [1.807, 2.05) is 61.5 Å². The summed E-state index contributed by atoms with van der Waals surface area (Å²) in [5.74, 6) is -0.312. The minimum atomic E-state index is -0.488. The monoisotopic (exact) mass is 427 g/mol. The summed E-state index contributed by atoms with van der Waals surface area (Å²) in [4.78, 5) is 38.8. The maximum Gasteiger partial charge on any atom is 0.331 e. The third kappa shape index (κ3) is 4.12. The normalized spacial score (nSPS) is 11.9. The standard InChI is InChI=1S/C26H25N3O3/c1-3-28-25(31)21-11-7-8-12-22(21)29(26(28)32)17-23(30)27-24(19-9-5-4-6-10-19)20-15-13-18(2)14-16-20/h4-16,24H,3,17H2,1-2H3,(H,27,30). The van der Waals surface area contributed by atoms with Gasteiger partial charge in [0.1, 0.15) is 6.54 Å². The van der Waals surface area contributed by atoms with Crippen molar-refractivity contribution < 1.29 is 4.79 Å². The number of fused-ring (bicyclic) bond motifs is 1. The second-order valence-electron chi connectivity index (χ2n) is 7.76. The van der Waals surface area contributed by atoms with E-state index in [9.17, 15) is 14.4 Å². The number of nitrogens with one attached hydrogen (secondary N) is 1. The van der Waals surface area contributed by atoms with E-state index in [4.69, 9.17) is 0 Å². The van der Waals surface area contributed by atoms with Crippen molar-refractivity contribution in [2.24, 2.45) is 0 Å². The Labute approximate surface area is 185 Å². The van der Waals surface area contributed by atoms with E-state index in [2.05, 4.69) is 5.32 Å². The highest BCUT2D eigenvalue weighted by Crippen LogP contribution is 2.22. The zero-order valence-corrected chi connectivity index (χ0v) is 18.1. The molecule has 4 rings (SSSR count). The quantitative estimate of drug-likeness (QED) is 0.513. The molecule has 0 fully saturated rings. The van der Waals surface area contributed by atoms with Crippen molar-refractivity contribution in [3.8, 4) is 0 Å². The highest BCUT2D eigenvalue weighted by atomic mass is 16.2. The average Bonchev–Trinajstić information content (AvgIpc) is 2.82. The summed E-state index contributed by atoms with van der Waals surface area (Å²) >= 11 is 0. The van der Waals surface area contributed by atoms with Crippen molar-refractivity contribution in [3.05, 3.63) is 116 Å². The van der Waals surface area contributed by atoms with E-state index in [0.29, 0.717) is 10.9 Å². The molecule has 0 radical (unpaired) electrons. The number of rotatable bonds is 6. The van der Waals surface area contributed by atoms with Crippen LogP contribution in [0.4, 0.5) is 0 Å². The van der Waals surface area contributed by atoms with Gasteiger partial charge >= 0.3 is 5.69 Å². The number of hydrogen-bond acceptors (Lipinski definition) is 3. The number of aromatic nitrogens is 2. The molecule has 32 heavy (non-hydrogen) atoms. The summed E-state index contributed by atoms with van der Waals surface area (Å²) in [5, 5.41) is 3.49. The van der Waals surface area contributed by atoms with Crippen molar-refractivity contribution in [2.75, 3.05) is 0 Å². The number of benzene rings is 3. The molecule has 3 aromatic carbocycles.